The molecule has 20 heavy (non-hydrogen) atoms. The second-order valence-corrected chi connectivity index (χ2v) is 5.58. The minimum absolute atomic E-state index is 0.302. The van der Waals surface area contributed by atoms with E-state index in [1.54, 1.807) is 0 Å². The van der Waals surface area contributed by atoms with Crippen LogP contribution in [0.2, 0.25) is 0 Å². The molecule has 0 heterocycles. The van der Waals surface area contributed by atoms with E-state index in [0.717, 1.165) is 0 Å². The summed E-state index contributed by atoms with van der Waals surface area (Å²) >= 11 is 0. The molecule has 2 aromatic rings. The van der Waals surface area contributed by atoms with Gasteiger partial charge < -0.3 is 11.5 Å². The van der Waals surface area contributed by atoms with Crippen LogP contribution in [0.15, 0.2) is 59.7 Å². The number of hydrogen-bond donors (Lipinski definition) is 2. The molecule has 2 heteroatoms. The first-order chi connectivity index (χ1) is 9.86. The van der Waals surface area contributed by atoms with Crippen molar-refractivity contribution in [3.8, 4) is 0 Å². The van der Waals surface area contributed by atoms with Crippen molar-refractivity contribution in [2.75, 3.05) is 13.1 Å². The van der Waals surface area contributed by atoms with Gasteiger partial charge in [-0.1, -0.05) is 48.5 Å². The van der Waals surface area contributed by atoms with E-state index in [4.69, 9.17) is 11.5 Å². The Kier molecular flexibility index (Phi) is 2.56. The Balaban J connectivity index is 2.07. The second-order valence-electron chi connectivity index (χ2n) is 5.58. The Hall–Kier alpha value is -1.90. The lowest BCUT2D eigenvalue weighted by atomic mass is 9.61. The third-order valence-corrected chi connectivity index (χ3v) is 4.79. The number of nitrogens with two attached hydrogens (primary N) is 2. The molecular weight excluding hydrogens is 244 g/mol. The van der Waals surface area contributed by atoms with Crippen molar-refractivity contribution in [2.45, 2.75) is 11.8 Å². The van der Waals surface area contributed by atoms with E-state index in [1.807, 2.05) is 0 Å². The maximum atomic E-state index is 6.06. The van der Waals surface area contributed by atoms with Gasteiger partial charge >= 0.3 is 0 Å². The van der Waals surface area contributed by atoms with Crippen LogP contribution in [0.3, 0.4) is 0 Å². The molecule has 0 spiro atoms. The van der Waals surface area contributed by atoms with Gasteiger partial charge in [0.05, 0.1) is 0 Å². The summed E-state index contributed by atoms with van der Waals surface area (Å²) in [5.41, 5.74) is 20.4. The molecule has 0 unspecified atom stereocenters. The summed E-state index contributed by atoms with van der Waals surface area (Å²) in [5.74, 6) is 0.604. The monoisotopic (exact) mass is 262 g/mol. The van der Waals surface area contributed by atoms with Gasteiger partial charge in [-0.15, -0.1) is 0 Å². The molecule has 0 radical (unpaired) electrons. The van der Waals surface area contributed by atoms with Crippen LogP contribution >= 0.6 is 0 Å². The highest BCUT2D eigenvalue weighted by Crippen LogP contribution is 2.54. The average Bonchev–Trinajstić information content (AvgIpc) is 2.53. The van der Waals surface area contributed by atoms with Crippen molar-refractivity contribution < 1.29 is 0 Å². The van der Waals surface area contributed by atoms with E-state index in [9.17, 15) is 0 Å². The molecule has 3 aliphatic carbocycles. The van der Waals surface area contributed by atoms with Gasteiger partial charge in [0.15, 0.2) is 0 Å². The zero-order chi connectivity index (χ0) is 13.7. The molecule has 0 saturated heterocycles. The largest absolute Gasteiger partial charge is 0.327 e. The number of hydrogen-bond acceptors (Lipinski definition) is 2. The van der Waals surface area contributed by atoms with E-state index in [2.05, 4.69) is 48.5 Å². The highest BCUT2D eigenvalue weighted by molar-refractivity contribution is 5.65. The fourth-order valence-electron chi connectivity index (χ4n) is 4.03. The Morgan fingerprint density at radius 2 is 0.900 bits per heavy atom. The fourth-order valence-corrected chi connectivity index (χ4v) is 4.03. The zero-order valence-electron chi connectivity index (χ0n) is 11.3. The van der Waals surface area contributed by atoms with Crippen LogP contribution in [0, 0.1) is 0 Å². The third kappa shape index (κ3) is 1.35. The van der Waals surface area contributed by atoms with Crippen molar-refractivity contribution in [3.63, 3.8) is 0 Å². The van der Waals surface area contributed by atoms with E-state index in [1.165, 1.54) is 33.4 Å². The minimum atomic E-state index is 0.302. The smallest absolute Gasteiger partial charge is 0.0321 e. The highest BCUT2D eigenvalue weighted by atomic mass is 14.6. The molecule has 0 aliphatic heterocycles. The summed E-state index contributed by atoms with van der Waals surface area (Å²) in [5, 5.41) is 0. The van der Waals surface area contributed by atoms with Crippen LogP contribution in [0.5, 0.6) is 0 Å². The highest BCUT2D eigenvalue weighted by Gasteiger charge is 2.41. The standard InChI is InChI=1S/C18H18N2/c19-9-15-16(10-20)18-12-6-2-1-5-11(12)17(15)13-7-3-4-8-14(13)18/h1-8,17-18H,9-10,19-20H2. The zero-order valence-corrected chi connectivity index (χ0v) is 11.3. The Morgan fingerprint density at radius 3 is 1.15 bits per heavy atom. The van der Waals surface area contributed by atoms with Gasteiger partial charge in [-0.2, -0.15) is 0 Å². The maximum Gasteiger partial charge on any atom is 0.0321 e. The van der Waals surface area contributed by atoms with Crippen LogP contribution < -0.4 is 11.5 Å². The molecule has 0 amide bonds. The molecule has 2 bridgehead atoms. The quantitative estimate of drug-likeness (QED) is 0.817. The molecule has 3 aliphatic rings. The Labute approximate surface area is 119 Å². The molecule has 0 atom stereocenters. The SMILES string of the molecule is NCC1=C(CN)C2c3ccccc3C1c1ccccc12. The molecule has 0 saturated carbocycles. The maximum absolute atomic E-state index is 6.06. The average molecular weight is 262 g/mol. The summed E-state index contributed by atoms with van der Waals surface area (Å²) < 4.78 is 0. The lowest BCUT2D eigenvalue weighted by Gasteiger charge is -2.43. The molecule has 2 aromatic carbocycles. The Bertz CT molecular complexity index is 607. The van der Waals surface area contributed by atoms with Gasteiger partial charge in [-0.25, -0.2) is 0 Å². The molecule has 0 fully saturated rings. The minimum Gasteiger partial charge on any atom is -0.327 e. The summed E-state index contributed by atoms with van der Waals surface area (Å²) in [7, 11) is 0. The molecule has 2 nitrogen and oxygen atoms in total. The Morgan fingerprint density at radius 1 is 0.600 bits per heavy atom. The summed E-state index contributed by atoms with van der Waals surface area (Å²) in [6, 6.07) is 17.5. The van der Waals surface area contributed by atoms with Gasteiger partial charge in [0.25, 0.3) is 0 Å². The lowest BCUT2D eigenvalue weighted by molar-refractivity contribution is 0.698. The molecule has 4 N–H and O–H groups in total. The first-order valence-corrected chi connectivity index (χ1v) is 7.16. The van der Waals surface area contributed by atoms with Gasteiger partial charge in [-0.05, 0) is 33.4 Å². The summed E-state index contributed by atoms with van der Waals surface area (Å²) in [6.45, 7) is 1.19. The van der Waals surface area contributed by atoms with Crippen LogP contribution in [-0.2, 0) is 0 Å². The van der Waals surface area contributed by atoms with Crippen molar-refractivity contribution >= 4 is 0 Å². The number of rotatable bonds is 2. The first-order valence-electron chi connectivity index (χ1n) is 7.16. The van der Waals surface area contributed by atoms with Crippen LogP contribution in [0.4, 0.5) is 0 Å². The second kappa shape index (κ2) is 4.30. The van der Waals surface area contributed by atoms with Crippen molar-refractivity contribution in [2.24, 2.45) is 11.5 Å². The topological polar surface area (TPSA) is 52.0 Å². The molecular formula is C18H18N2. The van der Waals surface area contributed by atoms with Crippen LogP contribution in [-0.4, -0.2) is 13.1 Å². The van der Waals surface area contributed by atoms with Crippen LogP contribution in [0.1, 0.15) is 34.1 Å². The van der Waals surface area contributed by atoms with Gasteiger partial charge in [-0.3, -0.25) is 0 Å². The van der Waals surface area contributed by atoms with E-state index >= 15 is 0 Å². The van der Waals surface area contributed by atoms with E-state index in [0.29, 0.717) is 24.9 Å². The normalized spacial score (nSPS) is 22.7. The van der Waals surface area contributed by atoms with E-state index < -0.39 is 0 Å². The van der Waals surface area contributed by atoms with Gasteiger partial charge in [0.2, 0.25) is 0 Å². The van der Waals surface area contributed by atoms with Gasteiger partial charge in [0, 0.05) is 24.9 Å². The van der Waals surface area contributed by atoms with E-state index in [-0.39, 0.29) is 0 Å². The predicted octanol–water partition coefficient (Wildman–Crippen LogP) is 2.49. The summed E-state index contributed by atoms with van der Waals surface area (Å²) in [6.07, 6.45) is 0. The van der Waals surface area contributed by atoms with Gasteiger partial charge in [0.1, 0.15) is 0 Å². The molecule has 5 rings (SSSR count). The first kappa shape index (κ1) is 11.9. The predicted molar refractivity (Wildman–Crippen MR) is 81.7 cm³/mol. The lowest BCUT2D eigenvalue weighted by Crippen LogP contribution is -2.33. The van der Waals surface area contributed by atoms with Crippen molar-refractivity contribution in [3.05, 3.63) is 81.9 Å². The van der Waals surface area contributed by atoms with Crippen molar-refractivity contribution in [1.82, 2.24) is 0 Å². The van der Waals surface area contributed by atoms with Crippen LogP contribution in [0.25, 0.3) is 0 Å². The number of benzene rings is 2. The summed E-state index contributed by atoms with van der Waals surface area (Å²) in [4.78, 5) is 0. The fraction of sp³-hybridized carbons (Fsp3) is 0.222. The van der Waals surface area contributed by atoms with Crippen molar-refractivity contribution in [1.29, 1.82) is 0 Å². The molecule has 100 valence electrons. The third-order valence-electron chi connectivity index (χ3n) is 4.79. The molecule has 0 aromatic heterocycles.